The van der Waals surface area contributed by atoms with E-state index in [0.717, 1.165) is 29.4 Å². The standard InChI is InChI=1S/C17H23NO2S/c1-4-5-6-7-10-18-15-12-14(20-3)8-9-16(15)21-17(18)11-13(2)19/h8-9,11-12H,4-7,10H2,1-3H3/b17-11-. The zero-order valence-electron chi connectivity index (χ0n) is 13.0. The summed E-state index contributed by atoms with van der Waals surface area (Å²) in [5, 5.41) is 1.03. The monoisotopic (exact) mass is 305 g/mol. The SMILES string of the molecule is CCCCCCN1/C(=C/C(C)=O)Sc2ccc(OC)cc21. The number of unbranched alkanes of at least 4 members (excludes halogenated alkanes) is 3. The van der Waals surface area contributed by atoms with Crippen LogP contribution in [-0.4, -0.2) is 19.4 Å². The van der Waals surface area contributed by atoms with Gasteiger partial charge in [-0.05, 0) is 25.5 Å². The number of rotatable bonds is 7. The minimum absolute atomic E-state index is 0.0934. The Kier molecular flexibility index (Phi) is 5.74. The maximum atomic E-state index is 11.5. The molecule has 4 heteroatoms. The van der Waals surface area contributed by atoms with Gasteiger partial charge in [0.2, 0.25) is 0 Å². The molecule has 0 spiro atoms. The number of fused-ring (bicyclic) bond motifs is 1. The summed E-state index contributed by atoms with van der Waals surface area (Å²) in [5.74, 6) is 0.952. The number of carbonyl (C=O) groups excluding carboxylic acids is 1. The molecule has 0 amide bonds. The fourth-order valence-electron chi connectivity index (χ4n) is 2.42. The van der Waals surface area contributed by atoms with Crippen molar-refractivity contribution in [3.8, 4) is 5.75 Å². The van der Waals surface area contributed by atoms with Crippen LogP contribution >= 0.6 is 11.8 Å². The molecule has 1 aliphatic rings. The normalized spacial score (nSPS) is 15.4. The number of methoxy groups -OCH3 is 1. The van der Waals surface area contributed by atoms with E-state index < -0.39 is 0 Å². The molecule has 0 bridgehead atoms. The van der Waals surface area contributed by atoms with Crippen LogP contribution < -0.4 is 9.64 Å². The lowest BCUT2D eigenvalue weighted by Crippen LogP contribution is -2.19. The number of benzene rings is 1. The van der Waals surface area contributed by atoms with Gasteiger partial charge in [-0.1, -0.05) is 37.9 Å². The number of carbonyl (C=O) groups is 1. The maximum absolute atomic E-state index is 11.5. The first-order valence-corrected chi connectivity index (χ1v) is 8.33. The molecule has 1 aromatic rings. The van der Waals surface area contributed by atoms with Gasteiger partial charge in [0.15, 0.2) is 5.78 Å². The summed E-state index contributed by atoms with van der Waals surface area (Å²) in [6.45, 7) is 4.77. The number of ether oxygens (including phenoxy) is 1. The van der Waals surface area contributed by atoms with Gasteiger partial charge in [-0.25, -0.2) is 0 Å². The third-order valence-electron chi connectivity index (χ3n) is 3.50. The van der Waals surface area contributed by atoms with Gasteiger partial charge >= 0.3 is 0 Å². The van der Waals surface area contributed by atoms with E-state index in [0.29, 0.717) is 0 Å². The third kappa shape index (κ3) is 4.03. The highest BCUT2D eigenvalue weighted by Gasteiger charge is 2.25. The second kappa shape index (κ2) is 7.55. The Morgan fingerprint density at radius 2 is 2.14 bits per heavy atom. The maximum Gasteiger partial charge on any atom is 0.155 e. The molecule has 0 N–H and O–H groups in total. The minimum Gasteiger partial charge on any atom is -0.497 e. The highest BCUT2D eigenvalue weighted by Crippen LogP contribution is 2.47. The number of hydrogen-bond donors (Lipinski definition) is 0. The van der Waals surface area contributed by atoms with Crippen LogP contribution in [0.5, 0.6) is 5.75 Å². The Morgan fingerprint density at radius 3 is 2.81 bits per heavy atom. The number of thioether (sulfide) groups is 1. The minimum atomic E-state index is 0.0934. The summed E-state index contributed by atoms with van der Waals surface area (Å²) in [5.41, 5.74) is 1.16. The Labute approximate surface area is 131 Å². The van der Waals surface area contributed by atoms with Crippen molar-refractivity contribution in [1.82, 2.24) is 0 Å². The number of nitrogens with zero attached hydrogens (tertiary/aromatic N) is 1. The second-order valence-corrected chi connectivity index (χ2v) is 6.30. The Bertz CT molecular complexity index is 540. The van der Waals surface area contributed by atoms with Gasteiger partial charge in [-0.15, -0.1) is 0 Å². The molecule has 0 saturated carbocycles. The molecule has 2 rings (SSSR count). The number of hydrogen-bond acceptors (Lipinski definition) is 4. The summed E-state index contributed by atoms with van der Waals surface area (Å²) >= 11 is 1.67. The van der Waals surface area contributed by atoms with Crippen LogP contribution in [0.15, 0.2) is 34.2 Å². The molecule has 0 aliphatic carbocycles. The first kappa shape index (κ1) is 16.0. The van der Waals surface area contributed by atoms with Crippen molar-refractivity contribution in [3.63, 3.8) is 0 Å². The van der Waals surface area contributed by atoms with Gasteiger partial charge < -0.3 is 9.64 Å². The number of anilines is 1. The average Bonchev–Trinajstić information content (AvgIpc) is 2.79. The van der Waals surface area contributed by atoms with Crippen molar-refractivity contribution in [3.05, 3.63) is 29.3 Å². The van der Waals surface area contributed by atoms with Crippen molar-refractivity contribution >= 4 is 23.2 Å². The molecular weight excluding hydrogens is 282 g/mol. The molecule has 21 heavy (non-hydrogen) atoms. The van der Waals surface area contributed by atoms with Gasteiger partial charge in [0, 0.05) is 23.6 Å². The topological polar surface area (TPSA) is 29.5 Å². The second-order valence-electron chi connectivity index (χ2n) is 5.24. The molecule has 1 heterocycles. The lowest BCUT2D eigenvalue weighted by Gasteiger charge is -2.20. The van der Waals surface area contributed by atoms with Gasteiger partial charge in [0.25, 0.3) is 0 Å². The number of allylic oxidation sites excluding steroid dienone is 1. The van der Waals surface area contributed by atoms with Crippen LogP contribution in [0.2, 0.25) is 0 Å². The van der Waals surface area contributed by atoms with Crippen LogP contribution in [0.3, 0.4) is 0 Å². The number of ketones is 1. The molecule has 1 aromatic carbocycles. The molecule has 1 aliphatic heterocycles. The van der Waals surface area contributed by atoms with Crippen LogP contribution in [0.25, 0.3) is 0 Å². The van der Waals surface area contributed by atoms with Gasteiger partial charge in [-0.3, -0.25) is 4.79 Å². The predicted octanol–water partition coefficient (Wildman–Crippen LogP) is 4.62. The molecule has 0 fully saturated rings. The highest BCUT2D eigenvalue weighted by molar-refractivity contribution is 8.03. The summed E-state index contributed by atoms with van der Waals surface area (Å²) in [4.78, 5) is 14.9. The molecule has 0 atom stereocenters. The van der Waals surface area contributed by atoms with Crippen molar-refractivity contribution in [2.45, 2.75) is 44.4 Å². The van der Waals surface area contributed by atoms with Gasteiger partial charge in [0.1, 0.15) is 5.75 Å². The fraction of sp³-hybridized carbons (Fsp3) is 0.471. The third-order valence-corrected chi connectivity index (χ3v) is 4.61. The van der Waals surface area contributed by atoms with E-state index in [1.54, 1.807) is 31.9 Å². The zero-order chi connectivity index (χ0) is 15.2. The molecule has 114 valence electrons. The van der Waals surface area contributed by atoms with Gasteiger partial charge in [0.05, 0.1) is 17.8 Å². The van der Waals surface area contributed by atoms with Crippen LogP contribution in [0.4, 0.5) is 5.69 Å². The molecular formula is C17H23NO2S. The molecule has 0 aromatic heterocycles. The molecule has 0 saturated heterocycles. The summed E-state index contributed by atoms with van der Waals surface area (Å²) in [6.07, 6.45) is 6.59. The highest BCUT2D eigenvalue weighted by atomic mass is 32.2. The van der Waals surface area contributed by atoms with Crippen LogP contribution in [-0.2, 0) is 4.79 Å². The van der Waals surface area contributed by atoms with Crippen molar-refractivity contribution in [1.29, 1.82) is 0 Å². The predicted molar refractivity (Wildman–Crippen MR) is 89.1 cm³/mol. The fourth-order valence-corrected chi connectivity index (χ4v) is 3.58. The lowest BCUT2D eigenvalue weighted by atomic mass is 10.2. The summed E-state index contributed by atoms with van der Waals surface area (Å²) in [6, 6.07) is 6.10. The van der Waals surface area contributed by atoms with E-state index in [2.05, 4.69) is 24.0 Å². The van der Waals surface area contributed by atoms with Crippen LogP contribution in [0.1, 0.15) is 39.5 Å². The largest absolute Gasteiger partial charge is 0.497 e. The van der Waals surface area contributed by atoms with E-state index in [-0.39, 0.29) is 5.78 Å². The van der Waals surface area contributed by atoms with Gasteiger partial charge in [-0.2, -0.15) is 0 Å². The van der Waals surface area contributed by atoms with E-state index in [1.807, 2.05) is 6.07 Å². The summed E-state index contributed by atoms with van der Waals surface area (Å²) in [7, 11) is 1.68. The summed E-state index contributed by atoms with van der Waals surface area (Å²) < 4.78 is 5.32. The van der Waals surface area contributed by atoms with Crippen LogP contribution in [0, 0.1) is 0 Å². The smallest absolute Gasteiger partial charge is 0.155 e. The van der Waals surface area contributed by atoms with Crippen molar-refractivity contribution < 1.29 is 9.53 Å². The molecule has 0 radical (unpaired) electrons. The Hall–Kier alpha value is -1.42. The first-order chi connectivity index (χ1) is 10.2. The lowest BCUT2D eigenvalue weighted by molar-refractivity contribution is -0.112. The van der Waals surface area contributed by atoms with E-state index in [9.17, 15) is 4.79 Å². The zero-order valence-corrected chi connectivity index (χ0v) is 13.8. The molecule has 3 nitrogen and oxygen atoms in total. The Morgan fingerprint density at radius 1 is 1.33 bits per heavy atom. The Balaban J connectivity index is 2.21. The van der Waals surface area contributed by atoms with E-state index in [1.165, 1.54) is 24.2 Å². The van der Waals surface area contributed by atoms with Crippen molar-refractivity contribution in [2.75, 3.05) is 18.6 Å². The first-order valence-electron chi connectivity index (χ1n) is 7.51. The quantitative estimate of drug-likeness (QED) is 0.543. The van der Waals surface area contributed by atoms with E-state index in [4.69, 9.17) is 4.74 Å². The van der Waals surface area contributed by atoms with Crippen molar-refractivity contribution in [2.24, 2.45) is 0 Å². The molecule has 0 unspecified atom stereocenters. The van der Waals surface area contributed by atoms with E-state index >= 15 is 0 Å². The average molecular weight is 305 g/mol.